The molecule has 3 heteroatoms. The minimum Gasteiger partial charge on any atom is -0.256 e. The topological polar surface area (TPSA) is 12.9 Å². The van der Waals surface area contributed by atoms with Crippen LogP contribution in [0.25, 0.3) is 42.6 Å². The number of fused-ring (bicyclic) bond motifs is 6. The van der Waals surface area contributed by atoms with Gasteiger partial charge in [-0.3, -0.25) is 4.98 Å². The molecule has 0 saturated heterocycles. The fourth-order valence-electron chi connectivity index (χ4n) is 6.67. The Kier molecular flexibility index (Phi) is 5.20. The molecule has 3 aromatic carbocycles. The van der Waals surface area contributed by atoms with E-state index in [1.807, 2.05) is 30.5 Å². The summed E-state index contributed by atoms with van der Waals surface area (Å²) in [5, 5.41) is 1.71. The maximum atomic E-state index is 15.2. The maximum absolute atomic E-state index is 15.2. The van der Waals surface area contributed by atoms with Gasteiger partial charge in [-0.15, -0.1) is 11.3 Å². The molecule has 2 heterocycles. The summed E-state index contributed by atoms with van der Waals surface area (Å²) in [5.41, 5.74) is 5.64. The molecule has 0 aliphatic heterocycles. The van der Waals surface area contributed by atoms with E-state index < -0.39 is 0 Å². The molecule has 3 aliphatic rings. The SMILES string of the molecule is Fc1ccc(-c2cc(CC3CC4CCC3CC4)ccn2)c2sc3ccc(-c4ccccc4)cc3c12. The van der Waals surface area contributed by atoms with E-state index in [9.17, 15) is 0 Å². The van der Waals surface area contributed by atoms with Gasteiger partial charge >= 0.3 is 0 Å². The highest BCUT2D eigenvalue weighted by Crippen LogP contribution is 2.46. The van der Waals surface area contributed by atoms with Gasteiger partial charge in [0.05, 0.1) is 5.69 Å². The van der Waals surface area contributed by atoms with Crippen LogP contribution in [0, 0.1) is 23.6 Å². The van der Waals surface area contributed by atoms with Crippen LogP contribution in [0.5, 0.6) is 0 Å². The number of thiophene rings is 1. The number of rotatable bonds is 4. The van der Waals surface area contributed by atoms with E-state index in [1.54, 1.807) is 17.4 Å². The van der Waals surface area contributed by atoms with Gasteiger partial charge in [-0.2, -0.15) is 0 Å². The minimum absolute atomic E-state index is 0.158. The molecule has 1 unspecified atom stereocenters. The number of benzene rings is 3. The summed E-state index contributed by atoms with van der Waals surface area (Å²) < 4.78 is 17.3. The van der Waals surface area contributed by atoms with Crippen molar-refractivity contribution in [2.45, 2.75) is 38.5 Å². The van der Waals surface area contributed by atoms with Crippen LogP contribution in [0.3, 0.4) is 0 Å². The molecule has 3 fully saturated rings. The van der Waals surface area contributed by atoms with Gasteiger partial charge < -0.3 is 0 Å². The molecule has 3 saturated carbocycles. The van der Waals surface area contributed by atoms with Crippen LogP contribution in [0.2, 0.25) is 0 Å². The molecule has 3 aliphatic carbocycles. The first-order valence-electron chi connectivity index (χ1n) is 12.9. The van der Waals surface area contributed by atoms with Crippen molar-refractivity contribution in [1.29, 1.82) is 0 Å². The van der Waals surface area contributed by atoms with Gasteiger partial charge in [-0.1, -0.05) is 49.2 Å². The second-order valence-electron chi connectivity index (χ2n) is 10.5. The Balaban J connectivity index is 1.30. The minimum atomic E-state index is -0.158. The van der Waals surface area contributed by atoms with E-state index in [0.717, 1.165) is 66.7 Å². The van der Waals surface area contributed by atoms with E-state index in [2.05, 4.69) is 42.5 Å². The van der Waals surface area contributed by atoms with Gasteiger partial charge in [0.25, 0.3) is 0 Å². The fraction of sp³-hybridized carbons (Fsp3) is 0.281. The molecule has 174 valence electrons. The van der Waals surface area contributed by atoms with E-state index >= 15 is 4.39 Å². The first-order chi connectivity index (χ1) is 17.2. The predicted octanol–water partition coefficient (Wildman–Crippen LogP) is 9.29. The molecule has 0 amide bonds. The second kappa shape index (κ2) is 8.57. The standard InChI is InChI=1S/C32H28FNS/c33-28-12-11-26(29-18-21(14-15-34-29)17-25-16-20-6-8-23(25)9-7-20)32-31(28)27-19-24(10-13-30(27)35-32)22-4-2-1-3-5-22/h1-5,10-15,18-20,23,25H,6-9,16-17H2. The van der Waals surface area contributed by atoms with Gasteiger partial charge in [0, 0.05) is 31.9 Å². The van der Waals surface area contributed by atoms with E-state index in [4.69, 9.17) is 4.98 Å². The number of pyridine rings is 1. The number of hydrogen-bond donors (Lipinski definition) is 0. The summed E-state index contributed by atoms with van der Waals surface area (Å²) in [6.45, 7) is 0. The molecule has 1 atom stereocenters. The van der Waals surface area contributed by atoms with Crippen LogP contribution >= 0.6 is 11.3 Å². The zero-order valence-corrected chi connectivity index (χ0v) is 20.5. The van der Waals surface area contributed by atoms with Gasteiger partial charge in [0.2, 0.25) is 0 Å². The summed E-state index contributed by atoms with van der Waals surface area (Å²) in [6, 6.07) is 24.7. The summed E-state index contributed by atoms with van der Waals surface area (Å²) in [7, 11) is 0. The molecule has 0 N–H and O–H groups in total. The van der Waals surface area contributed by atoms with Crippen molar-refractivity contribution in [3.05, 3.63) is 90.4 Å². The predicted molar refractivity (Wildman–Crippen MR) is 145 cm³/mol. The van der Waals surface area contributed by atoms with Crippen molar-refractivity contribution in [3.8, 4) is 22.4 Å². The van der Waals surface area contributed by atoms with Crippen molar-refractivity contribution in [2.24, 2.45) is 17.8 Å². The average Bonchev–Trinajstić information content (AvgIpc) is 3.30. The van der Waals surface area contributed by atoms with E-state index in [1.165, 1.54) is 37.7 Å². The highest BCUT2D eigenvalue weighted by Gasteiger charge is 2.35. The van der Waals surface area contributed by atoms with Gasteiger partial charge in [-0.05, 0) is 96.5 Å². The number of nitrogens with zero attached hydrogens (tertiary/aromatic N) is 1. The molecule has 35 heavy (non-hydrogen) atoms. The third kappa shape index (κ3) is 3.77. The van der Waals surface area contributed by atoms with Gasteiger partial charge in [-0.25, -0.2) is 4.39 Å². The Morgan fingerprint density at radius 1 is 0.857 bits per heavy atom. The normalized spacial score (nSPS) is 21.7. The Morgan fingerprint density at radius 2 is 1.71 bits per heavy atom. The third-order valence-electron chi connectivity index (χ3n) is 8.47. The lowest BCUT2D eigenvalue weighted by atomic mass is 9.63. The molecule has 0 radical (unpaired) electrons. The Hall–Kier alpha value is -3.04. The van der Waals surface area contributed by atoms with Crippen LogP contribution in [0.15, 0.2) is 79.0 Å². The van der Waals surface area contributed by atoms with Crippen LogP contribution in [0.1, 0.15) is 37.7 Å². The second-order valence-corrected chi connectivity index (χ2v) is 11.6. The zero-order valence-electron chi connectivity index (χ0n) is 19.7. The monoisotopic (exact) mass is 477 g/mol. The summed E-state index contributed by atoms with van der Waals surface area (Å²) >= 11 is 1.67. The summed E-state index contributed by atoms with van der Waals surface area (Å²) in [5.74, 6) is 2.50. The molecule has 1 nitrogen and oxygen atoms in total. The maximum Gasteiger partial charge on any atom is 0.132 e. The van der Waals surface area contributed by atoms with Crippen molar-refractivity contribution in [2.75, 3.05) is 0 Å². The number of hydrogen-bond acceptors (Lipinski definition) is 2. The van der Waals surface area contributed by atoms with Crippen LogP contribution in [0.4, 0.5) is 4.39 Å². The Morgan fingerprint density at radius 3 is 2.51 bits per heavy atom. The van der Waals surface area contributed by atoms with Crippen molar-refractivity contribution in [3.63, 3.8) is 0 Å². The summed E-state index contributed by atoms with van der Waals surface area (Å²) in [6.07, 6.45) is 10.2. The molecule has 0 spiro atoms. The van der Waals surface area contributed by atoms with Crippen LogP contribution < -0.4 is 0 Å². The van der Waals surface area contributed by atoms with Crippen molar-refractivity contribution < 1.29 is 4.39 Å². The molecular formula is C32H28FNS. The Labute approximate surface area is 209 Å². The van der Waals surface area contributed by atoms with Crippen LogP contribution in [-0.4, -0.2) is 4.98 Å². The first kappa shape index (κ1) is 21.3. The van der Waals surface area contributed by atoms with Gasteiger partial charge in [0.15, 0.2) is 0 Å². The lowest BCUT2D eigenvalue weighted by molar-refractivity contribution is 0.0991. The quantitative estimate of drug-likeness (QED) is 0.251. The third-order valence-corrected chi connectivity index (χ3v) is 9.67. The molecule has 8 rings (SSSR count). The van der Waals surface area contributed by atoms with Gasteiger partial charge in [0.1, 0.15) is 5.82 Å². The lowest BCUT2D eigenvalue weighted by Crippen LogP contribution is -2.32. The number of aromatic nitrogens is 1. The van der Waals surface area contributed by atoms with Crippen molar-refractivity contribution >= 4 is 31.5 Å². The highest BCUT2D eigenvalue weighted by molar-refractivity contribution is 7.26. The Bertz CT molecular complexity index is 1530. The van der Waals surface area contributed by atoms with Crippen LogP contribution in [-0.2, 0) is 6.42 Å². The number of halogens is 1. The lowest BCUT2D eigenvalue weighted by Gasteiger charge is -2.42. The molecule has 2 aromatic heterocycles. The first-order valence-corrected chi connectivity index (χ1v) is 13.7. The summed E-state index contributed by atoms with van der Waals surface area (Å²) in [4.78, 5) is 4.75. The average molecular weight is 478 g/mol. The highest BCUT2D eigenvalue weighted by atomic mass is 32.1. The smallest absolute Gasteiger partial charge is 0.132 e. The zero-order chi connectivity index (χ0) is 23.4. The molecule has 5 aromatic rings. The van der Waals surface area contributed by atoms with Crippen molar-refractivity contribution in [1.82, 2.24) is 4.98 Å². The fourth-order valence-corrected chi connectivity index (χ4v) is 7.89. The largest absolute Gasteiger partial charge is 0.256 e. The van der Waals surface area contributed by atoms with E-state index in [-0.39, 0.29) is 5.82 Å². The molecule has 2 bridgehead atoms. The van der Waals surface area contributed by atoms with E-state index in [0.29, 0.717) is 0 Å². The molecular weight excluding hydrogens is 449 g/mol.